The Morgan fingerprint density at radius 3 is 2.02 bits per heavy atom. The molecule has 2 aromatic heterocycles. The molecule has 8 aromatic rings. The van der Waals surface area contributed by atoms with Gasteiger partial charge in [0.05, 0.1) is 16.4 Å². The molecule has 0 spiro atoms. The van der Waals surface area contributed by atoms with E-state index in [0.717, 1.165) is 39.4 Å². The average Bonchev–Trinajstić information content (AvgIpc) is 3.71. The monoisotopic (exact) mass is 668 g/mol. The van der Waals surface area contributed by atoms with Gasteiger partial charge in [-0.25, -0.2) is 4.98 Å². The molecule has 9 rings (SSSR count). The molecule has 1 aliphatic carbocycles. The van der Waals surface area contributed by atoms with Crippen LogP contribution in [0.5, 0.6) is 0 Å². The fourth-order valence-corrected chi connectivity index (χ4v) is 8.09. The van der Waals surface area contributed by atoms with Crippen LogP contribution < -0.4 is 0 Å². The summed E-state index contributed by atoms with van der Waals surface area (Å²) in [6, 6.07) is 54.2. The molecular formula is C48H36N4. The van der Waals surface area contributed by atoms with Gasteiger partial charge >= 0.3 is 0 Å². The molecular weight excluding hydrogens is 633 g/mol. The van der Waals surface area contributed by atoms with Crippen molar-refractivity contribution in [3.8, 4) is 28.5 Å². The van der Waals surface area contributed by atoms with Crippen molar-refractivity contribution in [1.82, 2.24) is 19.5 Å². The van der Waals surface area contributed by atoms with Gasteiger partial charge in [-0.3, -0.25) is 4.57 Å². The molecule has 0 bridgehead atoms. The highest BCUT2D eigenvalue weighted by Gasteiger charge is 2.47. The Kier molecular flexibility index (Phi) is 7.78. The summed E-state index contributed by atoms with van der Waals surface area (Å²) in [7, 11) is 0. The molecule has 248 valence electrons. The number of aromatic nitrogens is 4. The van der Waals surface area contributed by atoms with Gasteiger partial charge in [-0.1, -0.05) is 170 Å². The van der Waals surface area contributed by atoms with Crippen LogP contribution in [0.2, 0.25) is 0 Å². The van der Waals surface area contributed by atoms with Crippen LogP contribution in [-0.4, -0.2) is 19.5 Å². The maximum atomic E-state index is 5.28. The summed E-state index contributed by atoms with van der Waals surface area (Å²) in [5, 5.41) is 2.30. The third kappa shape index (κ3) is 4.79. The molecule has 4 nitrogen and oxygen atoms in total. The van der Waals surface area contributed by atoms with Crippen LogP contribution >= 0.6 is 0 Å². The number of para-hydroxylation sites is 1. The van der Waals surface area contributed by atoms with E-state index in [4.69, 9.17) is 15.0 Å². The van der Waals surface area contributed by atoms with E-state index in [-0.39, 0.29) is 0 Å². The number of fused-ring (bicyclic) bond motifs is 7. The Balaban J connectivity index is 1.43. The van der Waals surface area contributed by atoms with Crippen molar-refractivity contribution in [2.75, 3.05) is 0 Å². The number of allylic oxidation sites excluding steroid dienone is 5. The molecule has 0 atom stereocenters. The van der Waals surface area contributed by atoms with E-state index in [0.29, 0.717) is 17.6 Å². The SMILES string of the molecule is C=CC/C=C\C(=C/C)c1nc(-c2ccccc2)nc(-n2c3ccccc3c3ccc4c(c32)-c2ccccc2C4(c2ccccc2)c2ccccc2)n1. The van der Waals surface area contributed by atoms with Crippen LogP contribution in [0.4, 0.5) is 0 Å². The fourth-order valence-electron chi connectivity index (χ4n) is 8.09. The van der Waals surface area contributed by atoms with Crippen molar-refractivity contribution in [2.45, 2.75) is 18.8 Å². The zero-order valence-electron chi connectivity index (χ0n) is 28.9. The summed E-state index contributed by atoms with van der Waals surface area (Å²) in [6.07, 6.45) is 8.86. The molecule has 0 aliphatic heterocycles. The van der Waals surface area contributed by atoms with Crippen molar-refractivity contribution < 1.29 is 0 Å². The van der Waals surface area contributed by atoms with Crippen molar-refractivity contribution in [3.05, 3.63) is 211 Å². The van der Waals surface area contributed by atoms with Gasteiger partial charge in [-0.2, -0.15) is 9.97 Å². The Morgan fingerprint density at radius 1 is 0.654 bits per heavy atom. The number of benzene rings is 6. The van der Waals surface area contributed by atoms with E-state index in [2.05, 4.69) is 163 Å². The topological polar surface area (TPSA) is 43.6 Å². The highest BCUT2D eigenvalue weighted by molar-refractivity contribution is 6.16. The first-order chi connectivity index (χ1) is 25.7. The van der Waals surface area contributed by atoms with Gasteiger partial charge in [0.1, 0.15) is 0 Å². The summed E-state index contributed by atoms with van der Waals surface area (Å²) < 4.78 is 2.27. The van der Waals surface area contributed by atoms with Gasteiger partial charge in [0.25, 0.3) is 0 Å². The second-order valence-electron chi connectivity index (χ2n) is 13.1. The molecule has 0 radical (unpaired) electrons. The van der Waals surface area contributed by atoms with Crippen LogP contribution in [0.25, 0.3) is 55.8 Å². The summed E-state index contributed by atoms with van der Waals surface area (Å²) in [6.45, 7) is 5.92. The lowest BCUT2D eigenvalue weighted by atomic mass is 9.67. The van der Waals surface area contributed by atoms with Crippen LogP contribution in [-0.2, 0) is 5.41 Å². The van der Waals surface area contributed by atoms with E-state index in [1.54, 1.807) is 0 Å². The Hall–Kier alpha value is -6.65. The van der Waals surface area contributed by atoms with E-state index in [1.165, 1.54) is 33.4 Å². The van der Waals surface area contributed by atoms with Gasteiger partial charge in [0.2, 0.25) is 5.95 Å². The van der Waals surface area contributed by atoms with E-state index in [1.807, 2.05) is 31.2 Å². The maximum absolute atomic E-state index is 5.28. The number of hydrogen-bond donors (Lipinski definition) is 0. The minimum atomic E-state index is -0.530. The molecule has 0 saturated carbocycles. The molecule has 0 N–H and O–H groups in total. The molecule has 52 heavy (non-hydrogen) atoms. The zero-order valence-corrected chi connectivity index (χ0v) is 28.9. The summed E-state index contributed by atoms with van der Waals surface area (Å²) in [5.74, 6) is 1.82. The van der Waals surface area contributed by atoms with E-state index in [9.17, 15) is 0 Å². The van der Waals surface area contributed by atoms with Crippen molar-refractivity contribution in [1.29, 1.82) is 0 Å². The standard InChI is InChI=1S/C48H36N4/c1-3-5-9-20-33(4-2)45-49-46(34-21-10-6-11-22-34)51-47(50-45)52-42-30-19-17-27-37(42)38-31-32-41-43(44(38)52)39-28-16-18-29-40(39)48(41,35-23-12-7-13-24-35)36-25-14-8-15-26-36/h3-4,6-32H,1,5H2,2H3/b20-9-,33-4+. The highest BCUT2D eigenvalue weighted by atomic mass is 15.2. The fraction of sp³-hybridized carbons (Fsp3) is 0.0625. The van der Waals surface area contributed by atoms with Gasteiger partial charge < -0.3 is 0 Å². The first-order valence-corrected chi connectivity index (χ1v) is 17.8. The van der Waals surface area contributed by atoms with Crippen LogP contribution in [0.3, 0.4) is 0 Å². The second kappa shape index (κ2) is 12.9. The van der Waals surface area contributed by atoms with E-state index >= 15 is 0 Å². The van der Waals surface area contributed by atoms with Gasteiger partial charge in [-0.15, -0.1) is 6.58 Å². The third-order valence-electron chi connectivity index (χ3n) is 10.3. The molecule has 0 saturated heterocycles. The lowest BCUT2D eigenvalue weighted by Crippen LogP contribution is -2.28. The van der Waals surface area contributed by atoms with E-state index < -0.39 is 5.41 Å². The molecule has 1 aliphatic rings. The number of nitrogens with zero attached hydrogens (tertiary/aromatic N) is 4. The molecule has 0 fully saturated rings. The van der Waals surface area contributed by atoms with Crippen LogP contribution in [0.15, 0.2) is 183 Å². The predicted molar refractivity (Wildman–Crippen MR) is 215 cm³/mol. The summed E-state index contributed by atoms with van der Waals surface area (Å²) in [5.41, 5.74) is 10.8. The van der Waals surface area contributed by atoms with Crippen molar-refractivity contribution >= 4 is 27.4 Å². The Morgan fingerprint density at radius 2 is 1.31 bits per heavy atom. The first kappa shape index (κ1) is 31.3. The lowest BCUT2D eigenvalue weighted by molar-refractivity contribution is 0.769. The average molecular weight is 669 g/mol. The number of rotatable bonds is 8. The third-order valence-corrected chi connectivity index (χ3v) is 10.3. The van der Waals surface area contributed by atoms with Gasteiger partial charge in [-0.05, 0) is 47.2 Å². The predicted octanol–water partition coefficient (Wildman–Crippen LogP) is 11.5. The molecule has 6 aromatic carbocycles. The molecule has 2 heterocycles. The minimum Gasteiger partial charge on any atom is -0.277 e. The van der Waals surface area contributed by atoms with Crippen molar-refractivity contribution in [3.63, 3.8) is 0 Å². The van der Waals surface area contributed by atoms with Crippen molar-refractivity contribution in [2.24, 2.45) is 0 Å². The largest absolute Gasteiger partial charge is 0.277 e. The second-order valence-corrected chi connectivity index (χ2v) is 13.1. The van der Waals surface area contributed by atoms with Crippen LogP contribution in [0, 0.1) is 0 Å². The molecule has 4 heteroatoms. The normalized spacial score (nSPS) is 13.4. The summed E-state index contributed by atoms with van der Waals surface area (Å²) >= 11 is 0. The Labute approximate surface area is 303 Å². The molecule has 0 amide bonds. The lowest BCUT2D eigenvalue weighted by Gasteiger charge is -2.33. The quantitative estimate of drug-likeness (QED) is 0.120. The Bertz CT molecular complexity index is 2630. The summed E-state index contributed by atoms with van der Waals surface area (Å²) in [4.78, 5) is 15.6. The van der Waals surface area contributed by atoms with Crippen LogP contribution in [0.1, 0.15) is 41.4 Å². The van der Waals surface area contributed by atoms with Gasteiger partial charge in [0, 0.05) is 27.5 Å². The van der Waals surface area contributed by atoms with Gasteiger partial charge in [0.15, 0.2) is 11.6 Å². The minimum absolute atomic E-state index is 0.530. The first-order valence-electron chi connectivity index (χ1n) is 17.8. The zero-order chi connectivity index (χ0) is 35.1. The smallest absolute Gasteiger partial charge is 0.238 e. The molecule has 0 unspecified atom stereocenters. The maximum Gasteiger partial charge on any atom is 0.238 e. The number of hydrogen-bond acceptors (Lipinski definition) is 3. The highest BCUT2D eigenvalue weighted by Crippen LogP contribution is 2.58.